The van der Waals surface area contributed by atoms with E-state index in [4.69, 9.17) is 9.51 Å². The molecule has 0 spiro atoms. The van der Waals surface area contributed by atoms with Crippen LogP contribution >= 0.6 is 11.3 Å². The van der Waals surface area contributed by atoms with Crippen LogP contribution in [0.3, 0.4) is 0 Å². The highest BCUT2D eigenvalue weighted by molar-refractivity contribution is 7.15. The van der Waals surface area contributed by atoms with E-state index in [-0.39, 0.29) is 0 Å². The van der Waals surface area contributed by atoms with Gasteiger partial charge in [-0.25, -0.2) is 4.98 Å². The Balaban J connectivity index is 2.06. The largest absolute Gasteiger partial charge is 0.361 e. The third kappa shape index (κ3) is 2.64. The Morgan fingerprint density at radius 3 is 2.76 bits per heavy atom. The quantitative estimate of drug-likeness (QED) is 0.930. The first-order chi connectivity index (χ1) is 9.91. The van der Waals surface area contributed by atoms with Crippen LogP contribution < -0.4 is 5.32 Å². The molecule has 0 aromatic carbocycles. The fourth-order valence-corrected chi connectivity index (χ4v) is 4.54. The van der Waals surface area contributed by atoms with E-state index in [0.717, 1.165) is 41.4 Å². The number of nitrogens with zero attached hydrogens (tertiary/aromatic N) is 2. The van der Waals surface area contributed by atoms with Crippen molar-refractivity contribution >= 4 is 11.3 Å². The van der Waals surface area contributed by atoms with Gasteiger partial charge in [-0.15, -0.1) is 11.3 Å². The van der Waals surface area contributed by atoms with Crippen LogP contribution in [-0.2, 0) is 6.42 Å². The molecule has 114 valence electrons. The van der Waals surface area contributed by atoms with Crippen LogP contribution in [0.15, 0.2) is 4.52 Å². The molecule has 21 heavy (non-hydrogen) atoms. The van der Waals surface area contributed by atoms with Gasteiger partial charge in [0.2, 0.25) is 0 Å². The van der Waals surface area contributed by atoms with Crippen molar-refractivity contribution < 1.29 is 4.52 Å². The summed E-state index contributed by atoms with van der Waals surface area (Å²) < 4.78 is 5.30. The van der Waals surface area contributed by atoms with E-state index in [0.29, 0.717) is 11.5 Å². The average molecular weight is 305 g/mol. The summed E-state index contributed by atoms with van der Waals surface area (Å²) in [6.45, 7) is 11.8. The molecule has 2 aromatic heterocycles. The smallest absolute Gasteiger partial charge is 0.144 e. The molecule has 0 aliphatic heterocycles. The molecule has 0 radical (unpaired) electrons. The minimum atomic E-state index is 0.296. The Morgan fingerprint density at radius 2 is 2.14 bits per heavy atom. The lowest BCUT2D eigenvalue weighted by atomic mass is 9.76. The Bertz CT molecular complexity index is 637. The summed E-state index contributed by atoms with van der Waals surface area (Å²) in [5, 5.41) is 8.73. The molecule has 2 heterocycles. The zero-order chi connectivity index (χ0) is 15.2. The second-order valence-corrected chi connectivity index (χ2v) is 7.72. The van der Waals surface area contributed by atoms with Gasteiger partial charge in [-0.1, -0.05) is 25.9 Å². The van der Waals surface area contributed by atoms with Gasteiger partial charge >= 0.3 is 0 Å². The molecule has 1 N–H and O–H groups in total. The van der Waals surface area contributed by atoms with Gasteiger partial charge in [0.25, 0.3) is 0 Å². The Kier molecular flexibility index (Phi) is 3.66. The van der Waals surface area contributed by atoms with Gasteiger partial charge in [0.15, 0.2) is 0 Å². The van der Waals surface area contributed by atoms with Crippen molar-refractivity contribution in [2.45, 2.75) is 53.5 Å². The van der Waals surface area contributed by atoms with Crippen molar-refractivity contribution in [2.24, 2.45) is 5.41 Å². The standard InChI is InChI=1S/C16H23N3OS/c1-6-17-11-7-16(4,5)8-12-14(11)21-15(18-12)13-9(2)19-20-10(13)3/h11,17H,6-8H2,1-5H3. The first kappa shape index (κ1) is 14.7. The van der Waals surface area contributed by atoms with Crippen molar-refractivity contribution in [2.75, 3.05) is 6.54 Å². The first-order valence-corrected chi connectivity index (χ1v) is 8.39. The maximum atomic E-state index is 5.30. The van der Waals surface area contributed by atoms with E-state index < -0.39 is 0 Å². The van der Waals surface area contributed by atoms with Crippen molar-refractivity contribution in [3.05, 3.63) is 22.0 Å². The van der Waals surface area contributed by atoms with E-state index in [2.05, 4.69) is 31.2 Å². The van der Waals surface area contributed by atoms with Crippen LogP contribution in [0.5, 0.6) is 0 Å². The number of hydrogen-bond acceptors (Lipinski definition) is 5. The normalized spacial score (nSPS) is 20.5. The monoisotopic (exact) mass is 305 g/mol. The lowest BCUT2D eigenvalue weighted by Crippen LogP contribution is -2.32. The van der Waals surface area contributed by atoms with Gasteiger partial charge in [-0.3, -0.25) is 0 Å². The number of hydrogen-bond donors (Lipinski definition) is 1. The summed E-state index contributed by atoms with van der Waals surface area (Å²) in [5.41, 5.74) is 3.54. The molecule has 0 bridgehead atoms. The molecule has 0 saturated heterocycles. The summed E-state index contributed by atoms with van der Waals surface area (Å²) in [6, 6.07) is 0.417. The van der Waals surface area contributed by atoms with E-state index in [9.17, 15) is 0 Å². The zero-order valence-corrected chi connectivity index (χ0v) is 14.2. The van der Waals surface area contributed by atoms with Gasteiger partial charge in [0.05, 0.1) is 17.0 Å². The Hall–Kier alpha value is -1.20. The lowest BCUT2D eigenvalue weighted by Gasteiger charge is -2.34. The average Bonchev–Trinajstić information content (AvgIpc) is 2.92. The summed E-state index contributed by atoms with van der Waals surface area (Å²) >= 11 is 1.80. The highest BCUT2D eigenvalue weighted by atomic mass is 32.1. The number of aryl methyl sites for hydroxylation is 2. The molecule has 1 aliphatic carbocycles. The minimum absolute atomic E-state index is 0.296. The second-order valence-electron chi connectivity index (χ2n) is 6.68. The number of rotatable bonds is 3. The summed E-state index contributed by atoms with van der Waals surface area (Å²) in [6.07, 6.45) is 2.21. The molecule has 0 amide bonds. The first-order valence-electron chi connectivity index (χ1n) is 7.57. The highest BCUT2D eigenvalue weighted by Crippen LogP contribution is 2.45. The third-order valence-electron chi connectivity index (χ3n) is 4.14. The molecule has 1 atom stereocenters. The SMILES string of the molecule is CCNC1CC(C)(C)Cc2nc(-c3c(C)noc3C)sc21. The van der Waals surface area contributed by atoms with E-state index in [1.54, 1.807) is 11.3 Å². The van der Waals surface area contributed by atoms with Crippen LogP contribution in [-0.4, -0.2) is 16.7 Å². The summed E-state index contributed by atoms with van der Waals surface area (Å²) in [7, 11) is 0. The van der Waals surface area contributed by atoms with Crippen molar-refractivity contribution in [3.8, 4) is 10.6 Å². The lowest BCUT2D eigenvalue weighted by molar-refractivity contribution is 0.260. The summed E-state index contributed by atoms with van der Waals surface area (Å²) in [4.78, 5) is 6.32. The van der Waals surface area contributed by atoms with Gasteiger partial charge in [0, 0.05) is 10.9 Å². The van der Waals surface area contributed by atoms with Gasteiger partial charge in [-0.05, 0) is 38.6 Å². The topological polar surface area (TPSA) is 51.0 Å². The van der Waals surface area contributed by atoms with Crippen LogP contribution in [0, 0.1) is 19.3 Å². The minimum Gasteiger partial charge on any atom is -0.361 e. The zero-order valence-electron chi connectivity index (χ0n) is 13.4. The van der Waals surface area contributed by atoms with E-state index in [1.165, 1.54) is 10.6 Å². The van der Waals surface area contributed by atoms with Crippen LogP contribution in [0.1, 0.15) is 55.3 Å². The molecule has 4 nitrogen and oxygen atoms in total. The van der Waals surface area contributed by atoms with Crippen LogP contribution in [0.2, 0.25) is 0 Å². The third-order valence-corrected chi connectivity index (χ3v) is 5.37. The molecule has 5 heteroatoms. The number of thiazole rings is 1. The van der Waals surface area contributed by atoms with Gasteiger partial charge < -0.3 is 9.84 Å². The number of fused-ring (bicyclic) bond motifs is 1. The molecular weight excluding hydrogens is 282 g/mol. The molecule has 1 aliphatic rings. The number of aromatic nitrogens is 2. The van der Waals surface area contributed by atoms with Crippen molar-refractivity contribution in [3.63, 3.8) is 0 Å². The predicted octanol–water partition coefficient (Wildman–Crippen LogP) is 4.04. The van der Waals surface area contributed by atoms with Crippen molar-refractivity contribution in [1.29, 1.82) is 0 Å². The fourth-order valence-electron chi connectivity index (χ4n) is 3.24. The number of nitrogens with one attached hydrogen (secondary N) is 1. The Labute approximate surface area is 130 Å². The maximum absolute atomic E-state index is 5.30. The second kappa shape index (κ2) is 5.21. The van der Waals surface area contributed by atoms with Gasteiger partial charge in [-0.2, -0.15) is 0 Å². The van der Waals surface area contributed by atoms with E-state index in [1.807, 2.05) is 13.8 Å². The molecule has 3 rings (SSSR count). The fraction of sp³-hybridized carbons (Fsp3) is 0.625. The summed E-state index contributed by atoms with van der Waals surface area (Å²) in [5.74, 6) is 0.859. The van der Waals surface area contributed by atoms with Gasteiger partial charge in [0.1, 0.15) is 10.8 Å². The molecular formula is C16H23N3OS. The Morgan fingerprint density at radius 1 is 1.38 bits per heavy atom. The van der Waals surface area contributed by atoms with Crippen LogP contribution in [0.25, 0.3) is 10.6 Å². The molecule has 1 unspecified atom stereocenters. The maximum Gasteiger partial charge on any atom is 0.144 e. The van der Waals surface area contributed by atoms with E-state index >= 15 is 0 Å². The van der Waals surface area contributed by atoms with Crippen molar-refractivity contribution in [1.82, 2.24) is 15.5 Å². The van der Waals surface area contributed by atoms with Crippen LogP contribution in [0.4, 0.5) is 0 Å². The molecule has 2 aromatic rings. The highest BCUT2D eigenvalue weighted by Gasteiger charge is 2.35. The predicted molar refractivity (Wildman–Crippen MR) is 85.6 cm³/mol. The molecule has 0 saturated carbocycles. The molecule has 0 fully saturated rings.